The van der Waals surface area contributed by atoms with E-state index >= 15 is 0 Å². The maximum atomic E-state index is 12.2. The fourth-order valence-electron chi connectivity index (χ4n) is 2.10. The number of carbonyl (C=O) groups excluding carboxylic acids is 1. The molecule has 1 aromatic heterocycles. The molecule has 5 heteroatoms. The number of hydrogen-bond acceptors (Lipinski definition) is 4. The summed E-state index contributed by atoms with van der Waals surface area (Å²) >= 11 is 0. The number of aryl methyl sites for hydroxylation is 2. The van der Waals surface area contributed by atoms with E-state index in [2.05, 4.69) is 12.1 Å². The standard InChI is InChI=1S/C11H17N3O2/c1-6-4-14(5-9(6)12)11(15)10-7(2)13-16-8(10)3/h6,9H,4-5,12H2,1-3H3. The van der Waals surface area contributed by atoms with Crippen LogP contribution >= 0.6 is 0 Å². The second-order valence-electron chi connectivity index (χ2n) is 4.55. The van der Waals surface area contributed by atoms with Crippen LogP contribution in [0.5, 0.6) is 0 Å². The van der Waals surface area contributed by atoms with Crippen LogP contribution in [0.25, 0.3) is 0 Å². The predicted octanol–water partition coefficient (Wildman–Crippen LogP) is 0.711. The predicted molar refractivity (Wildman–Crippen MR) is 59.0 cm³/mol. The third kappa shape index (κ3) is 1.71. The first-order chi connectivity index (χ1) is 7.50. The summed E-state index contributed by atoms with van der Waals surface area (Å²) in [6, 6.07) is 0.0735. The Morgan fingerprint density at radius 3 is 2.62 bits per heavy atom. The minimum atomic E-state index is -0.0175. The van der Waals surface area contributed by atoms with E-state index in [1.807, 2.05) is 0 Å². The first kappa shape index (κ1) is 11.1. The van der Waals surface area contributed by atoms with Crippen LogP contribution in [0, 0.1) is 19.8 Å². The highest BCUT2D eigenvalue weighted by Gasteiger charge is 2.32. The second kappa shape index (κ2) is 3.90. The Morgan fingerprint density at radius 2 is 2.19 bits per heavy atom. The molecule has 1 aliphatic rings. The van der Waals surface area contributed by atoms with Crippen molar-refractivity contribution in [1.29, 1.82) is 0 Å². The number of nitrogens with two attached hydrogens (primary N) is 1. The van der Waals surface area contributed by atoms with Crippen LogP contribution in [-0.2, 0) is 0 Å². The molecule has 1 amide bonds. The zero-order valence-electron chi connectivity index (χ0n) is 9.86. The number of rotatable bonds is 1. The number of nitrogens with zero attached hydrogens (tertiary/aromatic N) is 2. The largest absolute Gasteiger partial charge is 0.361 e. The Bertz CT molecular complexity index is 384. The van der Waals surface area contributed by atoms with E-state index < -0.39 is 0 Å². The lowest BCUT2D eigenvalue weighted by Gasteiger charge is -2.15. The highest BCUT2D eigenvalue weighted by atomic mass is 16.5. The van der Waals surface area contributed by atoms with Crippen molar-refractivity contribution in [2.24, 2.45) is 11.7 Å². The van der Waals surface area contributed by atoms with Crippen LogP contribution < -0.4 is 5.73 Å². The summed E-state index contributed by atoms with van der Waals surface area (Å²) in [5.41, 5.74) is 7.14. The highest BCUT2D eigenvalue weighted by molar-refractivity contribution is 5.96. The van der Waals surface area contributed by atoms with Gasteiger partial charge in [0.1, 0.15) is 11.3 Å². The summed E-state index contributed by atoms with van der Waals surface area (Å²) in [6.45, 7) is 6.93. The van der Waals surface area contributed by atoms with Crippen LogP contribution in [0.3, 0.4) is 0 Å². The van der Waals surface area contributed by atoms with Crippen molar-refractivity contribution in [3.63, 3.8) is 0 Å². The molecule has 0 radical (unpaired) electrons. The van der Waals surface area contributed by atoms with E-state index in [0.29, 0.717) is 36.0 Å². The van der Waals surface area contributed by atoms with Gasteiger partial charge in [0.05, 0.1) is 5.69 Å². The van der Waals surface area contributed by atoms with Crippen molar-refractivity contribution in [3.8, 4) is 0 Å². The Hall–Kier alpha value is -1.36. The molecule has 1 saturated heterocycles. The van der Waals surface area contributed by atoms with E-state index in [1.165, 1.54) is 0 Å². The molecule has 2 rings (SSSR count). The zero-order chi connectivity index (χ0) is 11.9. The number of carbonyl (C=O) groups is 1. The van der Waals surface area contributed by atoms with Gasteiger partial charge >= 0.3 is 0 Å². The smallest absolute Gasteiger partial charge is 0.259 e. The molecule has 2 atom stereocenters. The SMILES string of the molecule is Cc1noc(C)c1C(=O)N1CC(C)C(N)C1. The molecular weight excluding hydrogens is 206 g/mol. The molecule has 5 nitrogen and oxygen atoms in total. The van der Waals surface area contributed by atoms with Gasteiger partial charge in [-0.05, 0) is 19.8 Å². The van der Waals surface area contributed by atoms with Gasteiger partial charge in [0.2, 0.25) is 0 Å². The molecule has 1 aromatic rings. The Balaban J connectivity index is 2.21. The third-order valence-electron chi connectivity index (χ3n) is 3.20. The quantitative estimate of drug-likeness (QED) is 0.761. The number of amides is 1. The fraction of sp³-hybridized carbons (Fsp3) is 0.636. The fourth-order valence-corrected chi connectivity index (χ4v) is 2.10. The van der Waals surface area contributed by atoms with E-state index in [-0.39, 0.29) is 11.9 Å². The van der Waals surface area contributed by atoms with Crippen molar-refractivity contribution < 1.29 is 9.32 Å². The zero-order valence-corrected chi connectivity index (χ0v) is 9.86. The van der Waals surface area contributed by atoms with Gasteiger partial charge in [-0.2, -0.15) is 0 Å². The molecule has 0 aliphatic carbocycles. The van der Waals surface area contributed by atoms with Crippen LogP contribution in [-0.4, -0.2) is 35.1 Å². The van der Waals surface area contributed by atoms with Crippen LogP contribution in [0.15, 0.2) is 4.52 Å². The average molecular weight is 223 g/mol. The molecule has 0 saturated carbocycles. The molecule has 1 fully saturated rings. The summed E-state index contributed by atoms with van der Waals surface area (Å²) in [6.07, 6.45) is 0. The van der Waals surface area contributed by atoms with E-state index in [9.17, 15) is 4.79 Å². The summed E-state index contributed by atoms with van der Waals surface area (Å²) in [5, 5.41) is 3.79. The number of likely N-dealkylation sites (tertiary alicyclic amines) is 1. The lowest BCUT2D eigenvalue weighted by molar-refractivity contribution is 0.0784. The van der Waals surface area contributed by atoms with Crippen LogP contribution in [0.1, 0.15) is 28.7 Å². The van der Waals surface area contributed by atoms with E-state index in [0.717, 1.165) is 0 Å². The van der Waals surface area contributed by atoms with E-state index in [1.54, 1.807) is 18.7 Å². The molecule has 2 unspecified atom stereocenters. The van der Waals surface area contributed by atoms with Crippen molar-refractivity contribution >= 4 is 5.91 Å². The average Bonchev–Trinajstić information content (AvgIpc) is 2.72. The van der Waals surface area contributed by atoms with Gasteiger partial charge in [-0.1, -0.05) is 12.1 Å². The van der Waals surface area contributed by atoms with Gasteiger partial charge in [0.15, 0.2) is 0 Å². The summed E-state index contributed by atoms with van der Waals surface area (Å²) in [7, 11) is 0. The van der Waals surface area contributed by atoms with Gasteiger partial charge in [0, 0.05) is 19.1 Å². The van der Waals surface area contributed by atoms with Gasteiger partial charge in [0.25, 0.3) is 5.91 Å². The van der Waals surface area contributed by atoms with Gasteiger partial charge in [-0.25, -0.2) is 0 Å². The minimum absolute atomic E-state index is 0.0175. The summed E-state index contributed by atoms with van der Waals surface area (Å²) in [4.78, 5) is 14.0. The lowest BCUT2D eigenvalue weighted by atomic mass is 10.1. The maximum Gasteiger partial charge on any atom is 0.259 e. The minimum Gasteiger partial charge on any atom is -0.361 e. The molecule has 2 heterocycles. The lowest BCUT2D eigenvalue weighted by Crippen LogP contribution is -2.32. The monoisotopic (exact) mass is 223 g/mol. The van der Waals surface area contributed by atoms with Crippen LogP contribution in [0.4, 0.5) is 0 Å². The molecule has 0 spiro atoms. The number of aromatic nitrogens is 1. The van der Waals surface area contributed by atoms with Crippen molar-refractivity contribution in [3.05, 3.63) is 17.0 Å². The topological polar surface area (TPSA) is 72.4 Å². The molecular formula is C11H17N3O2. The van der Waals surface area contributed by atoms with Gasteiger partial charge in [-0.3, -0.25) is 4.79 Å². The first-order valence-electron chi connectivity index (χ1n) is 5.48. The first-order valence-corrected chi connectivity index (χ1v) is 5.48. The Labute approximate surface area is 94.6 Å². The van der Waals surface area contributed by atoms with Gasteiger partial charge in [-0.15, -0.1) is 0 Å². The highest BCUT2D eigenvalue weighted by Crippen LogP contribution is 2.20. The molecule has 2 N–H and O–H groups in total. The molecule has 1 aliphatic heterocycles. The molecule has 16 heavy (non-hydrogen) atoms. The van der Waals surface area contributed by atoms with Crippen LogP contribution in [0.2, 0.25) is 0 Å². The normalized spacial score (nSPS) is 25.1. The van der Waals surface area contributed by atoms with E-state index in [4.69, 9.17) is 10.3 Å². The third-order valence-corrected chi connectivity index (χ3v) is 3.20. The Morgan fingerprint density at radius 1 is 1.50 bits per heavy atom. The second-order valence-corrected chi connectivity index (χ2v) is 4.55. The summed E-state index contributed by atoms with van der Waals surface area (Å²) in [5.74, 6) is 0.913. The van der Waals surface area contributed by atoms with Crippen molar-refractivity contribution in [1.82, 2.24) is 10.1 Å². The maximum absolute atomic E-state index is 12.2. The summed E-state index contributed by atoms with van der Waals surface area (Å²) < 4.78 is 5.00. The van der Waals surface area contributed by atoms with Gasteiger partial charge < -0.3 is 15.2 Å². The molecule has 88 valence electrons. The molecule has 0 aromatic carbocycles. The van der Waals surface area contributed by atoms with Crippen molar-refractivity contribution in [2.45, 2.75) is 26.8 Å². The van der Waals surface area contributed by atoms with Crippen molar-refractivity contribution in [2.75, 3.05) is 13.1 Å². The number of hydrogen-bond donors (Lipinski definition) is 1. The Kier molecular flexibility index (Phi) is 2.71. The molecule has 0 bridgehead atoms.